The number of carboxylic acid groups (broad SMARTS) is 1. The Balaban J connectivity index is 0.000000273. The molecule has 0 saturated carbocycles. The third-order valence-corrected chi connectivity index (χ3v) is 15.4. The molecule has 0 bridgehead atoms. The Bertz CT molecular complexity index is 3280. The van der Waals surface area contributed by atoms with Gasteiger partial charge in [0.25, 0.3) is 5.91 Å². The van der Waals surface area contributed by atoms with Crippen molar-refractivity contribution in [2.45, 2.75) is 97.8 Å². The number of carboxylic acids is 1. The average Bonchev–Trinajstić information content (AvgIpc) is 4.38. The number of nitrogens with zero attached hydrogens (tertiary/aromatic N) is 2. The van der Waals surface area contributed by atoms with E-state index in [1.165, 1.54) is 89.9 Å². The first kappa shape index (κ1) is 70.6. The van der Waals surface area contributed by atoms with Crippen LogP contribution in [0.1, 0.15) is 150 Å². The zero-order chi connectivity index (χ0) is 59.9. The number of aromatic nitrogens is 2. The van der Waals surface area contributed by atoms with Gasteiger partial charge >= 0.3 is 36.8 Å². The second kappa shape index (κ2) is 38.9. The van der Waals surface area contributed by atoms with Gasteiger partial charge in [-0.3, -0.25) is 9.59 Å². The van der Waals surface area contributed by atoms with E-state index in [1.807, 2.05) is 60.9 Å². The number of unbranched alkanes of at least 4 members (excludes halogenated alkanes) is 9. The predicted molar refractivity (Wildman–Crippen MR) is 336 cm³/mol. The van der Waals surface area contributed by atoms with Crippen molar-refractivity contribution < 1.29 is 77.1 Å². The molecule has 0 spiro atoms. The van der Waals surface area contributed by atoms with E-state index < -0.39 is 11.9 Å². The summed E-state index contributed by atoms with van der Waals surface area (Å²) >= 11 is 3.21. The fourth-order valence-corrected chi connectivity index (χ4v) is 10.1. The van der Waals surface area contributed by atoms with E-state index in [2.05, 4.69) is 52.9 Å². The summed E-state index contributed by atoms with van der Waals surface area (Å²) < 4.78 is 26.6. The Morgan fingerprint density at radius 2 is 0.756 bits per heavy atom. The van der Waals surface area contributed by atoms with Crippen molar-refractivity contribution in [3.8, 4) is 59.3 Å². The number of hydrogen-bond donors (Lipinski definition) is 2. The smallest absolute Gasteiger partial charge is 0.870 e. The van der Waals surface area contributed by atoms with E-state index in [0.717, 1.165) is 98.2 Å². The summed E-state index contributed by atoms with van der Waals surface area (Å²) in [5.41, 5.74) is 6.15. The van der Waals surface area contributed by atoms with Crippen molar-refractivity contribution in [2.75, 3.05) is 40.6 Å². The maximum atomic E-state index is 12.3. The van der Waals surface area contributed by atoms with Crippen LogP contribution in [0.25, 0.3) is 42.0 Å². The molecule has 0 aliphatic heterocycles. The number of carbonyl (C=O) groups excluding carboxylic acids is 4. The number of methoxy groups -OCH3 is 2. The zero-order valence-electron chi connectivity index (χ0n) is 50.0. The van der Waals surface area contributed by atoms with E-state index in [4.69, 9.17) is 24.1 Å². The molecular formula is C68H76LiN3O12S2. The SMILES string of the molecule is CCCCCCOc1ccc(-c2cnc(-c3ccc(C(=O)O)cc3)s2)cc1.CCCCCCOc1ccc(-c2cnc(-c3ccc(C(=O)OC)cc3)s2)cc1.CCCCCCOc1ccc(C(=O)CNC(=O)c2ccc(C(=O)OC)cc2)cc1.[Li+].[OH-]. The molecular weight excluding hydrogens is 1120 g/mol. The number of benzene rings is 6. The molecule has 6 aromatic carbocycles. The van der Waals surface area contributed by atoms with Gasteiger partial charge in [-0.1, -0.05) is 103 Å². The summed E-state index contributed by atoms with van der Waals surface area (Å²) in [6.45, 7) is 8.66. The van der Waals surface area contributed by atoms with Crippen LogP contribution >= 0.6 is 22.7 Å². The van der Waals surface area contributed by atoms with Crippen LogP contribution in [-0.2, 0) is 9.47 Å². The number of nitrogens with one attached hydrogen (secondary N) is 1. The van der Waals surface area contributed by atoms with Gasteiger partial charge in [0.15, 0.2) is 5.78 Å². The fraction of sp³-hybridized carbons (Fsp3) is 0.309. The fourth-order valence-electron chi connectivity index (χ4n) is 8.27. The number of thiazole rings is 2. The third-order valence-electron chi connectivity index (χ3n) is 13.2. The van der Waals surface area contributed by atoms with Gasteiger partial charge in [0.05, 0.1) is 67.0 Å². The van der Waals surface area contributed by atoms with E-state index in [0.29, 0.717) is 28.9 Å². The number of carbonyl (C=O) groups is 5. The van der Waals surface area contributed by atoms with Gasteiger partial charge in [-0.2, -0.15) is 0 Å². The summed E-state index contributed by atoms with van der Waals surface area (Å²) in [4.78, 5) is 69.6. The van der Waals surface area contributed by atoms with Crippen LogP contribution in [0, 0.1) is 0 Å². The molecule has 0 fully saturated rings. The number of amides is 1. The van der Waals surface area contributed by atoms with Gasteiger partial charge in [0, 0.05) is 34.6 Å². The first-order chi connectivity index (χ1) is 40.9. The van der Waals surface area contributed by atoms with Crippen LogP contribution in [0.3, 0.4) is 0 Å². The molecule has 86 heavy (non-hydrogen) atoms. The largest absolute Gasteiger partial charge is 1.00 e. The maximum absolute atomic E-state index is 12.3. The van der Waals surface area contributed by atoms with Crippen LogP contribution in [0.2, 0.25) is 0 Å². The normalized spacial score (nSPS) is 10.3. The number of esters is 2. The zero-order valence-corrected chi connectivity index (χ0v) is 51.6. The molecule has 0 unspecified atom stereocenters. The monoisotopic (exact) mass is 1200 g/mol. The molecule has 8 aromatic rings. The molecule has 8 rings (SSSR count). The van der Waals surface area contributed by atoms with Crippen LogP contribution in [0.4, 0.5) is 0 Å². The van der Waals surface area contributed by atoms with Gasteiger partial charge in [-0.15, -0.1) is 22.7 Å². The van der Waals surface area contributed by atoms with Crippen molar-refractivity contribution in [3.05, 3.63) is 186 Å². The first-order valence-electron chi connectivity index (χ1n) is 28.6. The summed E-state index contributed by atoms with van der Waals surface area (Å²) in [6.07, 6.45) is 17.9. The van der Waals surface area contributed by atoms with Gasteiger partial charge < -0.3 is 39.6 Å². The van der Waals surface area contributed by atoms with E-state index in [1.54, 1.807) is 83.3 Å². The van der Waals surface area contributed by atoms with Crippen LogP contribution in [-0.4, -0.2) is 90.7 Å². The quantitative estimate of drug-likeness (QED) is 0.0193. The average molecular weight is 1200 g/mol. The molecule has 15 nitrogen and oxygen atoms in total. The number of ketones is 1. The van der Waals surface area contributed by atoms with Gasteiger partial charge in [-0.05, 0) is 152 Å². The maximum Gasteiger partial charge on any atom is 1.00 e. The Labute approximate surface area is 525 Å². The van der Waals surface area contributed by atoms with E-state index in [9.17, 15) is 24.0 Å². The first-order valence-corrected chi connectivity index (χ1v) is 30.2. The van der Waals surface area contributed by atoms with E-state index in [-0.39, 0.29) is 54.1 Å². The minimum atomic E-state index is -0.922. The minimum Gasteiger partial charge on any atom is -0.870 e. The second-order valence-corrected chi connectivity index (χ2v) is 21.5. The predicted octanol–water partition coefficient (Wildman–Crippen LogP) is 13.2. The molecule has 0 aliphatic carbocycles. The molecule has 3 N–H and O–H groups in total. The Morgan fingerprint density at radius 3 is 1.12 bits per heavy atom. The molecule has 2 aromatic heterocycles. The van der Waals surface area contributed by atoms with Crippen LogP contribution < -0.4 is 38.4 Å². The van der Waals surface area contributed by atoms with Crippen LogP contribution in [0.15, 0.2) is 158 Å². The van der Waals surface area contributed by atoms with Crippen molar-refractivity contribution in [3.63, 3.8) is 0 Å². The summed E-state index contributed by atoms with van der Waals surface area (Å²) in [7, 11) is 2.67. The van der Waals surface area contributed by atoms with Gasteiger partial charge in [0.1, 0.15) is 27.3 Å². The second-order valence-electron chi connectivity index (χ2n) is 19.5. The summed E-state index contributed by atoms with van der Waals surface area (Å²) in [5, 5.41) is 13.4. The Kier molecular flexibility index (Phi) is 31.9. The molecule has 18 heteroatoms. The molecule has 2 heterocycles. The molecule has 0 saturated heterocycles. The van der Waals surface area contributed by atoms with Crippen molar-refractivity contribution in [2.24, 2.45) is 0 Å². The number of hydrogen-bond acceptors (Lipinski definition) is 15. The number of Topliss-reactive ketones (excluding diaryl/α,β-unsaturated/α-hetero) is 1. The van der Waals surface area contributed by atoms with Gasteiger partial charge in [-0.25, -0.2) is 24.4 Å². The third kappa shape index (κ3) is 23.2. The number of ether oxygens (including phenoxy) is 5. The Morgan fingerprint density at radius 1 is 0.430 bits per heavy atom. The standard InChI is InChI=1S/C23H27NO5.C23H25NO3S.C22H23NO3S.Li.H2O/c1-3-4-5-6-15-29-20-13-11-17(12-14-20)21(25)16-24-22(26)18-7-9-19(10-8-18)23(27)28-2;1-3-4-5-6-15-27-20-13-11-17(12-14-20)21-16-24-22(28-21)18-7-9-19(10-8-18)23(25)26-2;1-2-3-4-5-14-26-19-12-10-16(11-13-19)20-15-23-21(27-20)17-6-8-18(9-7-17)22(24)25;;/h7-14H,3-6,15-16H2,1-2H3,(H,24,26);7-14,16H,3-6,15H2,1-2H3;6-13,15H,2-5,14H2,1H3,(H,24,25);;1H2/q;;;+1;/p-1. The molecule has 0 atom stereocenters. The van der Waals surface area contributed by atoms with Crippen molar-refractivity contribution in [1.82, 2.24) is 15.3 Å². The molecule has 0 aliphatic rings. The number of rotatable bonds is 29. The minimum absolute atomic E-state index is 0. The van der Waals surface area contributed by atoms with E-state index >= 15 is 0 Å². The molecule has 1 amide bonds. The molecule has 448 valence electrons. The number of aromatic carboxylic acids is 1. The van der Waals surface area contributed by atoms with Gasteiger partial charge in [0.2, 0.25) is 0 Å². The topological polar surface area (TPSA) is 220 Å². The Hall–Kier alpha value is -7.91. The summed E-state index contributed by atoms with van der Waals surface area (Å²) in [6, 6.07) is 43.3. The summed E-state index contributed by atoms with van der Waals surface area (Å²) in [5.74, 6) is 0.217. The molecule has 0 radical (unpaired) electrons. The van der Waals surface area contributed by atoms with Crippen molar-refractivity contribution in [1.29, 1.82) is 0 Å². The van der Waals surface area contributed by atoms with Crippen molar-refractivity contribution >= 4 is 52.3 Å². The van der Waals surface area contributed by atoms with Crippen LogP contribution in [0.5, 0.6) is 17.2 Å².